The van der Waals surface area contributed by atoms with E-state index in [4.69, 9.17) is 0 Å². The molecule has 1 rings (SSSR count). The first-order valence-electron chi connectivity index (χ1n) is 6.62. The number of esters is 1. The first kappa shape index (κ1) is 16.4. The number of ether oxygens (including phenoxy) is 1. The first-order valence-corrected chi connectivity index (χ1v) is 8.23. The summed E-state index contributed by atoms with van der Waals surface area (Å²) in [5, 5.41) is 0. The SMILES string of the molecule is COC(=O)CCN1CCN(S(=O)(=O)CC(C)C)CC1. The van der Waals surface area contributed by atoms with Crippen LogP contribution in [0.25, 0.3) is 0 Å². The highest BCUT2D eigenvalue weighted by molar-refractivity contribution is 7.89. The average Bonchev–Trinajstić information content (AvgIpc) is 2.35. The number of hydrogen-bond donors (Lipinski definition) is 0. The van der Waals surface area contributed by atoms with E-state index in [0.717, 1.165) is 0 Å². The second kappa shape index (κ2) is 7.21. The number of carbonyl (C=O) groups excluding carboxylic acids is 1. The van der Waals surface area contributed by atoms with Gasteiger partial charge in [-0.3, -0.25) is 4.79 Å². The lowest BCUT2D eigenvalue weighted by Gasteiger charge is -2.34. The third kappa shape index (κ3) is 5.46. The molecule has 1 aliphatic heterocycles. The summed E-state index contributed by atoms with van der Waals surface area (Å²) in [6.45, 7) is 6.81. The number of hydrogen-bond acceptors (Lipinski definition) is 5. The lowest BCUT2D eigenvalue weighted by molar-refractivity contribution is -0.141. The molecule has 112 valence electrons. The summed E-state index contributed by atoms with van der Waals surface area (Å²) in [5.41, 5.74) is 0. The zero-order valence-electron chi connectivity index (χ0n) is 12.0. The van der Waals surface area contributed by atoms with Crippen LogP contribution in [0.2, 0.25) is 0 Å². The van der Waals surface area contributed by atoms with Gasteiger partial charge in [-0.25, -0.2) is 8.42 Å². The monoisotopic (exact) mass is 292 g/mol. The molecule has 0 aromatic carbocycles. The van der Waals surface area contributed by atoms with Crippen LogP contribution in [0.15, 0.2) is 0 Å². The van der Waals surface area contributed by atoms with Gasteiger partial charge < -0.3 is 9.64 Å². The fraction of sp³-hybridized carbons (Fsp3) is 0.917. The van der Waals surface area contributed by atoms with Gasteiger partial charge in [0.15, 0.2) is 0 Å². The van der Waals surface area contributed by atoms with E-state index in [1.165, 1.54) is 7.11 Å². The van der Waals surface area contributed by atoms with Crippen molar-refractivity contribution >= 4 is 16.0 Å². The molecule has 1 fully saturated rings. The van der Waals surface area contributed by atoms with Gasteiger partial charge in [-0.2, -0.15) is 4.31 Å². The third-order valence-corrected chi connectivity index (χ3v) is 5.37. The highest BCUT2D eigenvalue weighted by Gasteiger charge is 2.27. The Morgan fingerprint density at radius 3 is 2.26 bits per heavy atom. The maximum atomic E-state index is 12.0. The lowest BCUT2D eigenvalue weighted by Crippen LogP contribution is -2.49. The zero-order chi connectivity index (χ0) is 14.5. The molecule has 7 heteroatoms. The molecule has 0 amide bonds. The van der Waals surface area contributed by atoms with Crippen molar-refractivity contribution in [3.63, 3.8) is 0 Å². The van der Waals surface area contributed by atoms with Crippen molar-refractivity contribution in [2.75, 3.05) is 45.6 Å². The van der Waals surface area contributed by atoms with Crippen LogP contribution < -0.4 is 0 Å². The van der Waals surface area contributed by atoms with Crippen LogP contribution >= 0.6 is 0 Å². The van der Waals surface area contributed by atoms with Crippen LogP contribution in [0.3, 0.4) is 0 Å². The Morgan fingerprint density at radius 2 is 1.79 bits per heavy atom. The summed E-state index contributed by atoms with van der Waals surface area (Å²) >= 11 is 0. The van der Waals surface area contributed by atoms with Gasteiger partial charge in [0.25, 0.3) is 0 Å². The van der Waals surface area contributed by atoms with Crippen LogP contribution in [0.5, 0.6) is 0 Å². The summed E-state index contributed by atoms with van der Waals surface area (Å²) in [6, 6.07) is 0. The molecule has 19 heavy (non-hydrogen) atoms. The Hall–Kier alpha value is -0.660. The van der Waals surface area contributed by atoms with Crippen LogP contribution in [0.4, 0.5) is 0 Å². The van der Waals surface area contributed by atoms with E-state index < -0.39 is 10.0 Å². The predicted octanol–water partition coefficient (Wildman–Crippen LogP) is 0.153. The van der Waals surface area contributed by atoms with E-state index in [1.807, 2.05) is 13.8 Å². The number of piperazine rings is 1. The Morgan fingerprint density at radius 1 is 1.21 bits per heavy atom. The van der Waals surface area contributed by atoms with E-state index in [9.17, 15) is 13.2 Å². The molecule has 0 radical (unpaired) electrons. The maximum absolute atomic E-state index is 12.0. The molecule has 0 aromatic rings. The van der Waals surface area contributed by atoms with Gasteiger partial charge in [0.2, 0.25) is 10.0 Å². The van der Waals surface area contributed by atoms with Crippen molar-refractivity contribution in [1.29, 1.82) is 0 Å². The Balaban J connectivity index is 2.38. The van der Waals surface area contributed by atoms with E-state index in [2.05, 4.69) is 9.64 Å². The standard InChI is InChI=1S/C12H24N2O4S/c1-11(2)10-19(16,17)14-8-6-13(7-9-14)5-4-12(15)18-3/h11H,4-10H2,1-3H3. The number of sulfonamides is 1. The Bertz CT molecular complexity index is 387. The molecule has 0 bridgehead atoms. The second-order valence-corrected chi connectivity index (χ2v) is 7.25. The Kier molecular flexibility index (Phi) is 6.22. The molecule has 0 spiro atoms. The largest absolute Gasteiger partial charge is 0.469 e. The molecule has 0 aliphatic carbocycles. The fourth-order valence-corrected chi connectivity index (χ4v) is 3.88. The van der Waals surface area contributed by atoms with Gasteiger partial charge in [0.1, 0.15) is 0 Å². The van der Waals surface area contributed by atoms with Crippen molar-refractivity contribution < 1.29 is 17.9 Å². The molecular formula is C12H24N2O4S. The first-order chi connectivity index (χ1) is 8.85. The summed E-state index contributed by atoms with van der Waals surface area (Å²) < 4.78 is 30.2. The molecule has 1 saturated heterocycles. The topological polar surface area (TPSA) is 66.9 Å². The van der Waals surface area contributed by atoms with E-state index in [-0.39, 0.29) is 17.6 Å². The molecule has 1 heterocycles. The van der Waals surface area contributed by atoms with Gasteiger partial charge in [-0.05, 0) is 5.92 Å². The molecule has 0 aromatic heterocycles. The van der Waals surface area contributed by atoms with E-state index >= 15 is 0 Å². The van der Waals surface area contributed by atoms with Crippen LogP contribution in [0, 0.1) is 5.92 Å². The lowest BCUT2D eigenvalue weighted by atomic mass is 10.3. The predicted molar refractivity (Wildman–Crippen MR) is 73.3 cm³/mol. The fourth-order valence-electron chi connectivity index (χ4n) is 2.11. The van der Waals surface area contributed by atoms with Crippen molar-refractivity contribution in [1.82, 2.24) is 9.21 Å². The van der Waals surface area contributed by atoms with E-state index in [0.29, 0.717) is 39.1 Å². The number of rotatable bonds is 6. The van der Waals surface area contributed by atoms with Crippen LogP contribution in [-0.2, 0) is 19.6 Å². The smallest absolute Gasteiger partial charge is 0.306 e. The Labute approximate surface area is 115 Å². The maximum Gasteiger partial charge on any atom is 0.306 e. The van der Waals surface area contributed by atoms with Crippen molar-refractivity contribution in [2.45, 2.75) is 20.3 Å². The molecule has 6 nitrogen and oxygen atoms in total. The molecule has 0 saturated carbocycles. The minimum Gasteiger partial charge on any atom is -0.469 e. The summed E-state index contributed by atoms with van der Waals surface area (Å²) in [6.07, 6.45) is 0.356. The normalized spacial score (nSPS) is 18.7. The second-order valence-electron chi connectivity index (χ2n) is 5.24. The van der Waals surface area contributed by atoms with Crippen LogP contribution in [-0.4, -0.2) is 69.2 Å². The van der Waals surface area contributed by atoms with Gasteiger partial charge >= 0.3 is 5.97 Å². The molecule has 1 aliphatic rings. The van der Waals surface area contributed by atoms with Gasteiger partial charge in [-0.1, -0.05) is 13.8 Å². The molecule has 0 unspecified atom stereocenters. The van der Waals surface area contributed by atoms with Crippen molar-refractivity contribution in [3.05, 3.63) is 0 Å². The molecule has 0 N–H and O–H groups in total. The molecule has 0 atom stereocenters. The quantitative estimate of drug-likeness (QED) is 0.652. The van der Waals surface area contributed by atoms with E-state index in [1.54, 1.807) is 4.31 Å². The van der Waals surface area contributed by atoms with Gasteiger partial charge in [-0.15, -0.1) is 0 Å². The third-order valence-electron chi connectivity index (χ3n) is 3.13. The van der Waals surface area contributed by atoms with Crippen molar-refractivity contribution in [3.8, 4) is 0 Å². The number of carbonyl (C=O) groups is 1. The minimum atomic E-state index is -3.13. The van der Waals surface area contributed by atoms with Gasteiger partial charge in [0, 0.05) is 32.7 Å². The van der Waals surface area contributed by atoms with Gasteiger partial charge in [0.05, 0.1) is 19.3 Å². The minimum absolute atomic E-state index is 0.141. The highest BCUT2D eigenvalue weighted by atomic mass is 32.2. The highest BCUT2D eigenvalue weighted by Crippen LogP contribution is 2.11. The summed E-state index contributed by atoms with van der Waals surface area (Å²) in [5.74, 6) is 0.118. The zero-order valence-corrected chi connectivity index (χ0v) is 12.8. The average molecular weight is 292 g/mol. The number of nitrogens with zero attached hydrogens (tertiary/aromatic N) is 2. The van der Waals surface area contributed by atoms with Crippen molar-refractivity contribution in [2.24, 2.45) is 5.92 Å². The summed E-state index contributed by atoms with van der Waals surface area (Å²) in [4.78, 5) is 13.1. The number of methoxy groups -OCH3 is 1. The molecular weight excluding hydrogens is 268 g/mol. The van der Waals surface area contributed by atoms with Crippen LogP contribution in [0.1, 0.15) is 20.3 Å². The summed E-state index contributed by atoms with van der Waals surface area (Å²) in [7, 11) is -1.75.